The highest BCUT2D eigenvalue weighted by molar-refractivity contribution is 5.51. The van der Waals surface area contributed by atoms with Gasteiger partial charge in [-0.1, -0.05) is 18.2 Å². The van der Waals surface area contributed by atoms with E-state index in [1.54, 1.807) is 12.1 Å². The van der Waals surface area contributed by atoms with Crippen LogP contribution in [0.5, 0.6) is 5.75 Å². The summed E-state index contributed by atoms with van der Waals surface area (Å²) in [7, 11) is 0. The van der Waals surface area contributed by atoms with Crippen LogP contribution in [0.2, 0.25) is 0 Å². The Morgan fingerprint density at radius 3 is 2.45 bits per heavy atom. The SMILES string of the molecule is Fc1ccc(-c2nnc(COc3ccccc3)o2)cc1. The minimum absolute atomic E-state index is 0.193. The quantitative estimate of drug-likeness (QED) is 0.728. The first-order valence-electron chi connectivity index (χ1n) is 6.07. The van der Waals surface area contributed by atoms with Crippen LogP contribution in [0, 0.1) is 5.82 Å². The lowest BCUT2D eigenvalue weighted by Crippen LogP contribution is -1.95. The van der Waals surface area contributed by atoms with Crippen molar-refractivity contribution >= 4 is 0 Å². The molecule has 0 aliphatic heterocycles. The number of hydrogen-bond acceptors (Lipinski definition) is 4. The van der Waals surface area contributed by atoms with E-state index in [2.05, 4.69) is 10.2 Å². The van der Waals surface area contributed by atoms with E-state index in [1.807, 2.05) is 30.3 Å². The minimum Gasteiger partial charge on any atom is -0.484 e. The van der Waals surface area contributed by atoms with Gasteiger partial charge in [-0.3, -0.25) is 0 Å². The van der Waals surface area contributed by atoms with Crippen LogP contribution in [-0.2, 0) is 6.61 Å². The highest BCUT2D eigenvalue weighted by Gasteiger charge is 2.09. The number of hydrogen-bond donors (Lipinski definition) is 0. The van der Waals surface area contributed by atoms with Crippen LogP contribution in [0.4, 0.5) is 4.39 Å². The zero-order valence-electron chi connectivity index (χ0n) is 10.5. The molecule has 0 radical (unpaired) electrons. The lowest BCUT2D eigenvalue weighted by Gasteiger charge is -2.01. The number of aromatic nitrogens is 2. The van der Waals surface area contributed by atoms with Gasteiger partial charge in [-0.25, -0.2) is 4.39 Å². The van der Waals surface area contributed by atoms with Crippen molar-refractivity contribution in [3.8, 4) is 17.2 Å². The summed E-state index contributed by atoms with van der Waals surface area (Å²) in [6.07, 6.45) is 0. The Labute approximate surface area is 114 Å². The van der Waals surface area contributed by atoms with Gasteiger partial charge in [0.05, 0.1) is 0 Å². The molecular weight excluding hydrogens is 259 g/mol. The fourth-order valence-corrected chi connectivity index (χ4v) is 1.68. The number of benzene rings is 2. The number of ether oxygens (including phenoxy) is 1. The van der Waals surface area contributed by atoms with Gasteiger partial charge >= 0.3 is 0 Å². The predicted octanol–water partition coefficient (Wildman–Crippen LogP) is 3.45. The average Bonchev–Trinajstić information content (AvgIpc) is 2.96. The van der Waals surface area contributed by atoms with Gasteiger partial charge in [0, 0.05) is 5.56 Å². The Hall–Kier alpha value is -2.69. The van der Waals surface area contributed by atoms with Gasteiger partial charge < -0.3 is 9.15 Å². The summed E-state index contributed by atoms with van der Waals surface area (Å²) in [5, 5.41) is 7.80. The van der Waals surface area contributed by atoms with E-state index in [4.69, 9.17) is 9.15 Å². The molecule has 0 spiro atoms. The molecule has 0 atom stereocenters. The predicted molar refractivity (Wildman–Crippen MR) is 70.5 cm³/mol. The van der Waals surface area contributed by atoms with Crippen molar-refractivity contribution in [3.63, 3.8) is 0 Å². The van der Waals surface area contributed by atoms with Crippen LogP contribution in [0.25, 0.3) is 11.5 Å². The number of rotatable bonds is 4. The van der Waals surface area contributed by atoms with Crippen molar-refractivity contribution < 1.29 is 13.5 Å². The summed E-state index contributed by atoms with van der Waals surface area (Å²) in [6, 6.07) is 15.2. The molecule has 4 nitrogen and oxygen atoms in total. The summed E-state index contributed by atoms with van der Waals surface area (Å²) in [4.78, 5) is 0. The highest BCUT2D eigenvalue weighted by atomic mass is 19.1. The van der Waals surface area contributed by atoms with Crippen molar-refractivity contribution in [2.45, 2.75) is 6.61 Å². The van der Waals surface area contributed by atoms with Gasteiger partial charge in [-0.2, -0.15) is 0 Å². The minimum atomic E-state index is -0.305. The molecule has 0 aliphatic rings. The van der Waals surface area contributed by atoms with Crippen LogP contribution >= 0.6 is 0 Å². The molecule has 3 aromatic rings. The van der Waals surface area contributed by atoms with Crippen LogP contribution in [0.15, 0.2) is 59.0 Å². The maximum absolute atomic E-state index is 12.8. The summed E-state index contributed by atoms with van der Waals surface area (Å²) in [6.45, 7) is 0.193. The van der Waals surface area contributed by atoms with Gasteiger partial charge in [-0.15, -0.1) is 10.2 Å². The monoisotopic (exact) mass is 270 g/mol. The second-order valence-corrected chi connectivity index (χ2v) is 4.11. The molecule has 0 unspecified atom stereocenters. The summed E-state index contributed by atoms with van der Waals surface area (Å²) in [5.41, 5.74) is 0.671. The van der Waals surface area contributed by atoms with Crippen molar-refractivity contribution in [1.82, 2.24) is 10.2 Å². The molecule has 0 bridgehead atoms. The average molecular weight is 270 g/mol. The Morgan fingerprint density at radius 1 is 0.950 bits per heavy atom. The number of para-hydroxylation sites is 1. The van der Waals surface area contributed by atoms with Crippen LogP contribution in [0.3, 0.4) is 0 Å². The molecule has 100 valence electrons. The Kier molecular flexibility index (Phi) is 3.41. The second kappa shape index (κ2) is 5.52. The van der Waals surface area contributed by atoms with Crippen molar-refractivity contribution in [2.75, 3.05) is 0 Å². The lowest BCUT2D eigenvalue weighted by molar-refractivity contribution is 0.264. The third-order valence-electron chi connectivity index (χ3n) is 2.66. The molecule has 20 heavy (non-hydrogen) atoms. The van der Waals surface area contributed by atoms with Crippen LogP contribution in [-0.4, -0.2) is 10.2 Å². The van der Waals surface area contributed by atoms with Gasteiger partial charge in [0.1, 0.15) is 11.6 Å². The molecule has 1 aromatic heterocycles. The van der Waals surface area contributed by atoms with E-state index in [0.717, 1.165) is 5.75 Å². The fourth-order valence-electron chi connectivity index (χ4n) is 1.68. The standard InChI is InChI=1S/C15H11FN2O2/c16-12-8-6-11(7-9-12)15-18-17-14(20-15)10-19-13-4-2-1-3-5-13/h1-9H,10H2. The number of halogens is 1. The van der Waals surface area contributed by atoms with Crippen LogP contribution < -0.4 is 4.74 Å². The smallest absolute Gasteiger partial charge is 0.254 e. The Morgan fingerprint density at radius 2 is 1.70 bits per heavy atom. The fraction of sp³-hybridized carbons (Fsp3) is 0.0667. The lowest BCUT2D eigenvalue weighted by atomic mass is 10.2. The summed E-state index contributed by atoms with van der Waals surface area (Å²) >= 11 is 0. The molecule has 0 saturated carbocycles. The molecule has 0 N–H and O–H groups in total. The molecule has 0 saturated heterocycles. The molecule has 1 heterocycles. The van der Waals surface area contributed by atoms with E-state index in [0.29, 0.717) is 17.3 Å². The first-order chi connectivity index (χ1) is 9.81. The first kappa shape index (κ1) is 12.3. The maximum Gasteiger partial charge on any atom is 0.254 e. The zero-order chi connectivity index (χ0) is 13.8. The number of nitrogens with zero attached hydrogens (tertiary/aromatic N) is 2. The second-order valence-electron chi connectivity index (χ2n) is 4.11. The zero-order valence-corrected chi connectivity index (χ0v) is 10.5. The van der Waals surface area contributed by atoms with Crippen molar-refractivity contribution in [1.29, 1.82) is 0 Å². The largest absolute Gasteiger partial charge is 0.484 e. The van der Waals surface area contributed by atoms with Gasteiger partial charge in [-0.05, 0) is 36.4 Å². The Balaban J connectivity index is 1.69. The van der Waals surface area contributed by atoms with Crippen LogP contribution in [0.1, 0.15) is 5.89 Å². The van der Waals surface area contributed by atoms with Gasteiger partial charge in [0.2, 0.25) is 5.89 Å². The van der Waals surface area contributed by atoms with Gasteiger partial charge in [0.25, 0.3) is 5.89 Å². The molecule has 3 rings (SSSR count). The molecule has 0 aliphatic carbocycles. The summed E-state index contributed by atoms with van der Waals surface area (Å²) in [5.74, 6) is 1.14. The molecule has 0 fully saturated rings. The molecule has 5 heteroatoms. The third kappa shape index (κ3) is 2.83. The van der Waals surface area contributed by atoms with E-state index in [-0.39, 0.29) is 12.4 Å². The van der Waals surface area contributed by atoms with Crippen molar-refractivity contribution in [3.05, 3.63) is 66.3 Å². The topological polar surface area (TPSA) is 48.2 Å². The molecular formula is C15H11FN2O2. The van der Waals surface area contributed by atoms with E-state index in [1.165, 1.54) is 12.1 Å². The van der Waals surface area contributed by atoms with E-state index in [9.17, 15) is 4.39 Å². The first-order valence-corrected chi connectivity index (χ1v) is 6.07. The van der Waals surface area contributed by atoms with E-state index >= 15 is 0 Å². The molecule has 2 aromatic carbocycles. The highest BCUT2D eigenvalue weighted by Crippen LogP contribution is 2.19. The summed E-state index contributed by atoms with van der Waals surface area (Å²) < 4.78 is 23.8. The normalized spacial score (nSPS) is 10.4. The Bertz CT molecular complexity index is 681. The maximum atomic E-state index is 12.8. The van der Waals surface area contributed by atoms with Gasteiger partial charge in [0.15, 0.2) is 6.61 Å². The third-order valence-corrected chi connectivity index (χ3v) is 2.66. The van der Waals surface area contributed by atoms with E-state index < -0.39 is 0 Å². The molecule has 0 amide bonds. The van der Waals surface area contributed by atoms with Crippen molar-refractivity contribution in [2.24, 2.45) is 0 Å².